The lowest BCUT2D eigenvalue weighted by Crippen LogP contribution is -2.40. The SMILES string of the molecule is CCCCC(CN)NS(=O)(=O)c1cccc(C)c1Cl. The Morgan fingerprint density at radius 1 is 1.42 bits per heavy atom. The summed E-state index contributed by atoms with van der Waals surface area (Å²) in [6.07, 6.45) is 2.67. The summed E-state index contributed by atoms with van der Waals surface area (Å²) < 4.78 is 27.2. The first kappa shape index (κ1) is 16.4. The Kier molecular flexibility index (Phi) is 6.26. The van der Waals surface area contributed by atoms with E-state index in [0.29, 0.717) is 0 Å². The number of unbranched alkanes of at least 4 members (excludes halogenated alkanes) is 1. The van der Waals surface area contributed by atoms with Gasteiger partial charge >= 0.3 is 0 Å². The van der Waals surface area contributed by atoms with E-state index in [0.717, 1.165) is 24.8 Å². The summed E-state index contributed by atoms with van der Waals surface area (Å²) in [6, 6.07) is 4.71. The van der Waals surface area contributed by atoms with Gasteiger partial charge in [-0.05, 0) is 25.0 Å². The molecule has 0 radical (unpaired) electrons. The standard InChI is InChI=1S/C13H21ClN2O2S/c1-3-4-7-11(9-15)16-19(17,18)12-8-5-6-10(2)13(12)14/h5-6,8,11,16H,3-4,7,9,15H2,1-2H3. The molecule has 19 heavy (non-hydrogen) atoms. The van der Waals surface area contributed by atoms with E-state index in [1.165, 1.54) is 6.07 Å². The van der Waals surface area contributed by atoms with Crippen molar-refractivity contribution >= 4 is 21.6 Å². The first-order valence-electron chi connectivity index (χ1n) is 6.40. The Morgan fingerprint density at radius 2 is 2.11 bits per heavy atom. The van der Waals surface area contributed by atoms with Gasteiger partial charge in [0.05, 0.1) is 5.02 Å². The van der Waals surface area contributed by atoms with Crippen molar-refractivity contribution in [3.8, 4) is 0 Å². The monoisotopic (exact) mass is 304 g/mol. The van der Waals surface area contributed by atoms with E-state index in [4.69, 9.17) is 17.3 Å². The minimum absolute atomic E-state index is 0.115. The predicted octanol–water partition coefficient (Wildman–Crippen LogP) is 2.44. The highest BCUT2D eigenvalue weighted by atomic mass is 35.5. The number of aryl methyl sites for hydroxylation is 1. The van der Waals surface area contributed by atoms with Gasteiger partial charge in [-0.1, -0.05) is 43.5 Å². The van der Waals surface area contributed by atoms with Gasteiger partial charge in [0.25, 0.3) is 0 Å². The fourth-order valence-electron chi connectivity index (χ4n) is 1.79. The fourth-order valence-corrected chi connectivity index (χ4v) is 3.65. The van der Waals surface area contributed by atoms with Crippen molar-refractivity contribution < 1.29 is 8.42 Å². The van der Waals surface area contributed by atoms with Crippen LogP contribution in [0.5, 0.6) is 0 Å². The molecule has 0 aliphatic heterocycles. The normalized spacial score (nSPS) is 13.5. The zero-order chi connectivity index (χ0) is 14.5. The first-order chi connectivity index (χ1) is 8.92. The van der Waals surface area contributed by atoms with Gasteiger partial charge in [-0.3, -0.25) is 0 Å². The van der Waals surface area contributed by atoms with E-state index in [2.05, 4.69) is 11.6 Å². The van der Waals surface area contributed by atoms with Gasteiger partial charge in [0.15, 0.2) is 0 Å². The fraction of sp³-hybridized carbons (Fsp3) is 0.538. The maximum absolute atomic E-state index is 12.3. The third-order valence-electron chi connectivity index (χ3n) is 2.96. The second-order valence-electron chi connectivity index (χ2n) is 4.58. The molecule has 0 bridgehead atoms. The Morgan fingerprint density at radius 3 is 2.68 bits per heavy atom. The van der Waals surface area contributed by atoms with E-state index in [1.54, 1.807) is 19.1 Å². The largest absolute Gasteiger partial charge is 0.329 e. The summed E-state index contributed by atoms with van der Waals surface area (Å²) in [5, 5.41) is 0.265. The topological polar surface area (TPSA) is 72.2 Å². The molecule has 0 amide bonds. The maximum Gasteiger partial charge on any atom is 0.242 e. The summed E-state index contributed by atoms with van der Waals surface area (Å²) in [6.45, 7) is 4.11. The minimum atomic E-state index is -3.62. The third-order valence-corrected chi connectivity index (χ3v) is 5.13. The highest BCUT2D eigenvalue weighted by Crippen LogP contribution is 2.24. The van der Waals surface area contributed by atoms with Gasteiger partial charge < -0.3 is 5.73 Å². The van der Waals surface area contributed by atoms with Crippen molar-refractivity contribution in [2.45, 2.75) is 44.0 Å². The lowest BCUT2D eigenvalue weighted by Gasteiger charge is -2.17. The van der Waals surface area contributed by atoms with Crippen LogP contribution in [0.4, 0.5) is 0 Å². The molecule has 0 fully saturated rings. The lowest BCUT2D eigenvalue weighted by atomic mass is 10.1. The highest BCUT2D eigenvalue weighted by molar-refractivity contribution is 7.89. The number of hydrogen-bond acceptors (Lipinski definition) is 3. The second kappa shape index (κ2) is 7.24. The molecule has 0 heterocycles. The number of halogens is 1. The molecule has 0 aromatic heterocycles. The highest BCUT2D eigenvalue weighted by Gasteiger charge is 2.22. The van der Waals surface area contributed by atoms with Crippen molar-refractivity contribution in [2.24, 2.45) is 5.73 Å². The number of nitrogens with one attached hydrogen (secondary N) is 1. The van der Waals surface area contributed by atoms with Crippen LogP contribution in [0.15, 0.2) is 23.1 Å². The number of benzene rings is 1. The van der Waals surface area contributed by atoms with Crippen molar-refractivity contribution in [1.82, 2.24) is 4.72 Å². The van der Waals surface area contributed by atoms with Crippen LogP contribution in [-0.2, 0) is 10.0 Å². The molecule has 0 aliphatic carbocycles. The number of nitrogens with two attached hydrogens (primary N) is 1. The number of rotatable bonds is 7. The average molecular weight is 305 g/mol. The van der Waals surface area contributed by atoms with Gasteiger partial charge in [-0.25, -0.2) is 13.1 Å². The van der Waals surface area contributed by atoms with Crippen LogP contribution in [0.2, 0.25) is 5.02 Å². The van der Waals surface area contributed by atoms with Crippen molar-refractivity contribution in [2.75, 3.05) is 6.54 Å². The molecule has 0 saturated heterocycles. The van der Waals surface area contributed by atoms with Crippen LogP contribution in [0, 0.1) is 6.92 Å². The van der Waals surface area contributed by atoms with Crippen LogP contribution in [0.25, 0.3) is 0 Å². The molecular weight excluding hydrogens is 284 g/mol. The van der Waals surface area contributed by atoms with Crippen LogP contribution in [0.1, 0.15) is 31.7 Å². The summed E-state index contributed by atoms with van der Waals surface area (Å²) in [7, 11) is -3.62. The Labute approximate surface area is 120 Å². The van der Waals surface area contributed by atoms with Gasteiger partial charge in [-0.15, -0.1) is 0 Å². The Balaban J connectivity index is 2.94. The summed E-state index contributed by atoms with van der Waals surface area (Å²) in [4.78, 5) is 0.115. The quantitative estimate of drug-likeness (QED) is 0.812. The zero-order valence-electron chi connectivity index (χ0n) is 11.3. The van der Waals surface area contributed by atoms with Crippen molar-refractivity contribution in [1.29, 1.82) is 0 Å². The summed E-state index contributed by atoms with van der Waals surface area (Å²) >= 11 is 6.06. The molecule has 108 valence electrons. The van der Waals surface area contributed by atoms with Gasteiger partial charge in [0.2, 0.25) is 10.0 Å². The van der Waals surface area contributed by atoms with Crippen LogP contribution in [-0.4, -0.2) is 21.0 Å². The van der Waals surface area contributed by atoms with Crippen LogP contribution < -0.4 is 10.5 Å². The molecule has 3 N–H and O–H groups in total. The van der Waals surface area contributed by atoms with Crippen LogP contribution in [0.3, 0.4) is 0 Å². The molecule has 0 saturated carbocycles. The van der Waals surface area contributed by atoms with E-state index in [1.807, 2.05) is 0 Å². The van der Waals surface area contributed by atoms with E-state index >= 15 is 0 Å². The van der Waals surface area contributed by atoms with Crippen LogP contribution >= 0.6 is 11.6 Å². The third kappa shape index (κ3) is 4.45. The molecule has 1 aromatic carbocycles. The minimum Gasteiger partial charge on any atom is -0.329 e. The average Bonchev–Trinajstić information content (AvgIpc) is 2.37. The lowest BCUT2D eigenvalue weighted by molar-refractivity contribution is 0.516. The smallest absolute Gasteiger partial charge is 0.242 e. The van der Waals surface area contributed by atoms with Crippen molar-refractivity contribution in [3.63, 3.8) is 0 Å². The van der Waals surface area contributed by atoms with Gasteiger partial charge in [0, 0.05) is 12.6 Å². The molecule has 0 spiro atoms. The zero-order valence-corrected chi connectivity index (χ0v) is 12.9. The molecule has 1 aromatic rings. The van der Waals surface area contributed by atoms with Gasteiger partial charge in [-0.2, -0.15) is 0 Å². The molecule has 1 atom stereocenters. The van der Waals surface area contributed by atoms with Crippen molar-refractivity contribution in [3.05, 3.63) is 28.8 Å². The number of hydrogen-bond donors (Lipinski definition) is 2. The Bertz CT molecular complexity index is 517. The molecular formula is C13H21ClN2O2S. The predicted molar refractivity (Wildman–Crippen MR) is 78.9 cm³/mol. The number of sulfonamides is 1. The van der Waals surface area contributed by atoms with E-state index in [9.17, 15) is 8.42 Å². The van der Waals surface area contributed by atoms with E-state index < -0.39 is 10.0 Å². The Hall–Kier alpha value is -0.620. The molecule has 1 unspecified atom stereocenters. The summed E-state index contributed by atoms with van der Waals surface area (Å²) in [5.74, 6) is 0. The first-order valence-corrected chi connectivity index (χ1v) is 8.26. The molecule has 0 aliphatic rings. The second-order valence-corrected chi connectivity index (χ2v) is 6.64. The van der Waals surface area contributed by atoms with E-state index in [-0.39, 0.29) is 22.5 Å². The maximum atomic E-state index is 12.3. The van der Waals surface area contributed by atoms with Gasteiger partial charge in [0.1, 0.15) is 4.90 Å². The molecule has 1 rings (SSSR count). The summed E-state index contributed by atoms with van der Waals surface area (Å²) in [5.41, 5.74) is 6.35. The molecule has 4 nitrogen and oxygen atoms in total. The molecule has 6 heteroatoms.